The zero-order chi connectivity index (χ0) is 19.5. The fourth-order valence-corrected chi connectivity index (χ4v) is 4.75. The highest BCUT2D eigenvalue weighted by Gasteiger charge is 2.30. The highest BCUT2D eigenvalue weighted by atomic mass is 32.2. The van der Waals surface area contributed by atoms with E-state index in [1.54, 1.807) is 11.3 Å². The van der Waals surface area contributed by atoms with Crippen LogP contribution < -0.4 is 5.32 Å². The molecule has 146 valence electrons. The molecule has 1 fully saturated rings. The van der Waals surface area contributed by atoms with E-state index in [1.165, 1.54) is 16.6 Å². The van der Waals surface area contributed by atoms with Gasteiger partial charge in [-0.1, -0.05) is 49.9 Å². The molecule has 0 bridgehead atoms. The van der Waals surface area contributed by atoms with E-state index >= 15 is 0 Å². The van der Waals surface area contributed by atoms with Crippen LogP contribution in [0.5, 0.6) is 0 Å². The van der Waals surface area contributed by atoms with E-state index in [0.717, 1.165) is 41.5 Å². The highest BCUT2D eigenvalue weighted by Crippen LogP contribution is 2.39. The van der Waals surface area contributed by atoms with Crippen LogP contribution in [0.4, 0.5) is 5.69 Å². The second-order valence-electron chi connectivity index (χ2n) is 7.33. The Hall–Kier alpha value is -2.12. The maximum absolute atomic E-state index is 12.5. The van der Waals surface area contributed by atoms with Gasteiger partial charge in [-0.2, -0.15) is 0 Å². The number of hydrogen-bond acceptors (Lipinski definition) is 5. The molecule has 4 rings (SSSR count). The minimum atomic E-state index is -0.0109. The molecule has 0 saturated heterocycles. The summed E-state index contributed by atoms with van der Waals surface area (Å²) < 4.78 is 2.24. The second kappa shape index (κ2) is 8.49. The Morgan fingerprint density at radius 3 is 2.79 bits per heavy atom. The Bertz CT molecular complexity index is 945. The number of nitrogens with zero attached hydrogens (tertiary/aromatic N) is 3. The Labute approximate surface area is 173 Å². The van der Waals surface area contributed by atoms with Crippen LogP contribution in [-0.2, 0) is 11.2 Å². The first-order chi connectivity index (χ1) is 13.6. The highest BCUT2D eigenvalue weighted by molar-refractivity contribution is 7.99. The predicted molar refractivity (Wildman–Crippen MR) is 115 cm³/mol. The predicted octanol–water partition coefficient (Wildman–Crippen LogP) is 5.12. The number of nitrogens with one attached hydrogen (secondary N) is 1. The van der Waals surface area contributed by atoms with Gasteiger partial charge in [0, 0.05) is 23.0 Å². The van der Waals surface area contributed by atoms with Crippen molar-refractivity contribution >= 4 is 34.7 Å². The molecule has 0 aliphatic heterocycles. The Balaban J connectivity index is 1.42. The molecule has 0 radical (unpaired) electrons. The molecule has 1 saturated carbocycles. The normalized spacial score (nSPS) is 13.8. The van der Waals surface area contributed by atoms with E-state index in [1.807, 2.05) is 18.2 Å². The lowest BCUT2D eigenvalue weighted by Gasteiger charge is -2.13. The Morgan fingerprint density at radius 1 is 1.25 bits per heavy atom. The maximum atomic E-state index is 12.5. The van der Waals surface area contributed by atoms with Crippen molar-refractivity contribution < 1.29 is 4.79 Å². The van der Waals surface area contributed by atoms with Crippen LogP contribution in [0.15, 0.2) is 46.9 Å². The van der Waals surface area contributed by atoms with Gasteiger partial charge in [0.05, 0.1) is 5.75 Å². The smallest absolute Gasteiger partial charge is 0.234 e. The summed E-state index contributed by atoms with van der Waals surface area (Å²) in [6.07, 6.45) is 3.13. The number of benzene rings is 1. The van der Waals surface area contributed by atoms with Crippen molar-refractivity contribution in [3.05, 3.63) is 58.0 Å². The third kappa shape index (κ3) is 4.47. The monoisotopic (exact) mass is 412 g/mol. The van der Waals surface area contributed by atoms with Gasteiger partial charge >= 0.3 is 0 Å². The zero-order valence-corrected chi connectivity index (χ0v) is 17.7. The summed E-state index contributed by atoms with van der Waals surface area (Å²) in [4.78, 5) is 13.8. The SMILES string of the molecule is CC(C)c1ccccc1NC(=O)CSc1nnc(Cc2cccs2)n1C1CC1. The number of anilines is 1. The Kier molecular flexibility index (Phi) is 5.82. The first-order valence-electron chi connectivity index (χ1n) is 9.59. The molecule has 0 spiro atoms. The average molecular weight is 413 g/mol. The van der Waals surface area contributed by atoms with E-state index in [-0.39, 0.29) is 5.91 Å². The van der Waals surface area contributed by atoms with E-state index in [4.69, 9.17) is 0 Å². The van der Waals surface area contributed by atoms with Gasteiger partial charge in [-0.25, -0.2) is 0 Å². The first kappa shape index (κ1) is 19.2. The number of para-hydroxylation sites is 1. The largest absolute Gasteiger partial charge is 0.325 e. The number of thiophene rings is 1. The van der Waals surface area contributed by atoms with Gasteiger partial charge < -0.3 is 9.88 Å². The third-order valence-electron chi connectivity index (χ3n) is 4.75. The molecular formula is C21H24N4OS2. The number of thioether (sulfide) groups is 1. The molecule has 1 aromatic carbocycles. The average Bonchev–Trinajstić information content (AvgIpc) is 3.23. The van der Waals surface area contributed by atoms with Crippen molar-refractivity contribution in [1.29, 1.82) is 0 Å². The molecule has 7 heteroatoms. The molecule has 1 amide bonds. The van der Waals surface area contributed by atoms with E-state index in [9.17, 15) is 4.79 Å². The summed E-state index contributed by atoms with van der Waals surface area (Å²) in [6.45, 7) is 4.26. The number of carbonyl (C=O) groups is 1. The summed E-state index contributed by atoms with van der Waals surface area (Å²) in [5, 5.41) is 14.8. The first-order valence-corrected chi connectivity index (χ1v) is 11.5. The number of amides is 1. The molecule has 0 unspecified atom stereocenters. The van der Waals surface area contributed by atoms with Gasteiger partial charge in [-0.15, -0.1) is 21.5 Å². The van der Waals surface area contributed by atoms with Gasteiger partial charge in [-0.3, -0.25) is 4.79 Å². The minimum absolute atomic E-state index is 0.0109. The molecule has 5 nitrogen and oxygen atoms in total. The molecular weight excluding hydrogens is 388 g/mol. The van der Waals surface area contributed by atoms with Gasteiger partial charge in [0.25, 0.3) is 0 Å². The van der Waals surface area contributed by atoms with E-state index in [2.05, 4.69) is 57.5 Å². The van der Waals surface area contributed by atoms with Crippen LogP contribution in [-0.4, -0.2) is 26.4 Å². The lowest BCUT2D eigenvalue weighted by molar-refractivity contribution is -0.113. The molecule has 1 aliphatic carbocycles. The number of hydrogen-bond donors (Lipinski definition) is 1. The van der Waals surface area contributed by atoms with Crippen LogP contribution >= 0.6 is 23.1 Å². The number of rotatable bonds is 8. The van der Waals surface area contributed by atoms with Crippen LogP contribution in [0.1, 0.15) is 54.9 Å². The lowest BCUT2D eigenvalue weighted by Crippen LogP contribution is -2.16. The zero-order valence-electron chi connectivity index (χ0n) is 16.1. The summed E-state index contributed by atoms with van der Waals surface area (Å²) in [5.41, 5.74) is 2.05. The van der Waals surface area contributed by atoms with Gasteiger partial charge in [-0.05, 0) is 41.8 Å². The molecule has 1 aliphatic rings. The van der Waals surface area contributed by atoms with Crippen LogP contribution in [0.2, 0.25) is 0 Å². The maximum Gasteiger partial charge on any atom is 0.234 e. The lowest BCUT2D eigenvalue weighted by atomic mass is 10.0. The molecule has 2 aromatic heterocycles. The van der Waals surface area contributed by atoms with Gasteiger partial charge in [0.1, 0.15) is 5.82 Å². The van der Waals surface area contributed by atoms with Crippen molar-refractivity contribution in [3.8, 4) is 0 Å². The van der Waals surface area contributed by atoms with Crippen LogP contribution in [0, 0.1) is 0 Å². The van der Waals surface area contributed by atoms with Crippen molar-refractivity contribution in [1.82, 2.24) is 14.8 Å². The summed E-state index contributed by atoms with van der Waals surface area (Å²) in [7, 11) is 0. The summed E-state index contributed by atoms with van der Waals surface area (Å²) in [5.74, 6) is 1.68. The summed E-state index contributed by atoms with van der Waals surface area (Å²) >= 11 is 3.21. The Morgan fingerprint density at radius 2 is 2.07 bits per heavy atom. The van der Waals surface area contributed by atoms with Gasteiger partial charge in [0.15, 0.2) is 5.16 Å². The van der Waals surface area contributed by atoms with Crippen molar-refractivity contribution in [2.45, 2.75) is 50.2 Å². The molecule has 28 heavy (non-hydrogen) atoms. The third-order valence-corrected chi connectivity index (χ3v) is 6.57. The number of carbonyl (C=O) groups excluding carboxylic acids is 1. The summed E-state index contributed by atoms with van der Waals surface area (Å²) in [6, 6.07) is 12.7. The quantitative estimate of drug-likeness (QED) is 0.522. The van der Waals surface area contributed by atoms with Crippen molar-refractivity contribution in [3.63, 3.8) is 0 Å². The van der Waals surface area contributed by atoms with Crippen molar-refractivity contribution in [2.24, 2.45) is 0 Å². The fraction of sp³-hybridized carbons (Fsp3) is 0.381. The minimum Gasteiger partial charge on any atom is -0.325 e. The second-order valence-corrected chi connectivity index (χ2v) is 9.31. The van der Waals surface area contributed by atoms with E-state index in [0.29, 0.717) is 17.7 Å². The van der Waals surface area contributed by atoms with Gasteiger partial charge in [0.2, 0.25) is 5.91 Å². The number of aromatic nitrogens is 3. The van der Waals surface area contributed by atoms with Crippen LogP contribution in [0.3, 0.4) is 0 Å². The molecule has 1 N–H and O–H groups in total. The van der Waals surface area contributed by atoms with Crippen molar-refractivity contribution in [2.75, 3.05) is 11.1 Å². The topological polar surface area (TPSA) is 59.8 Å². The van der Waals surface area contributed by atoms with E-state index < -0.39 is 0 Å². The fourth-order valence-electron chi connectivity index (χ4n) is 3.23. The van der Waals surface area contributed by atoms with Crippen LogP contribution in [0.25, 0.3) is 0 Å². The molecule has 2 heterocycles. The molecule has 0 atom stereocenters. The standard InChI is InChI=1S/C21H24N4OS2/c1-14(2)17-7-3-4-8-18(17)22-20(26)13-28-21-24-23-19(25(21)15-9-10-15)12-16-6-5-11-27-16/h3-8,11,14-15H,9-10,12-13H2,1-2H3,(H,22,26). The molecule has 3 aromatic rings.